The molecule has 5 rings (SSSR count). The third-order valence-corrected chi connectivity index (χ3v) is 5.84. The predicted octanol–water partition coefficient (Wildman–Crippen LogP) is 6.01. The van der Waals surface area contributed by atoms with Crippen molar-refractivity contribution in [1.82, 2.24) is 0 Å². The van der Waals surface area contributed by atoms with Crippen LogP contribution in [0.1, 0.15) is 34.3 Å². The van der Waals surface area contributed by atoms with Gasteiger partial charge < -0.3 is 9.73 Å². The molecular formula is C28H21N3O3. The van der Waals surface area contributed by atoms with Gasteiger partial charge in [-0.25, -0.2) is 0 Å². The molecule has 1 aromatic heterocycles. The number of furan rings is 1. The zero-order valence-electron chi connectivity index (χ0n) is 18.3. The van der Waals surface area contributed by atoms with E-state index in [1.807, 2.05) is 60.7 Å². The second kappa shape index (κ2) is 9.08. The lowest BCUT2D eigenvalue weighted by molar-refractivity contribution is -0.116. The molecule has 3 aromatic carbocycles. The normalized spacial score (nSPS) is 12.7. The molecule has 0 atom stereocenters. The Morgan fingerprint density at radius 1 is 0.941 bits per heavy atom. The van der Waals surface area contributed by atoms with Gasteiger partial charge in [0.1, 0.15) is 17.4 Å². The van der Waals surface area contributed by atoms with Crippen LogP contribution in [0.25, 0.3) is 22.5 Å². The van der Waals surface area contributed by atoms with Gasteiger partial charge in [-0.3, -0.25) is 14.9 Å². The Morgan fingerprint density at radius 3 is 2.35 bits per heavy atom. The van der Waals surface area contributed by atoms with E-state index < -0.39 is 0 Å². The Balaban J connectivity index is 1.54. The number of nitrogens with one attached hydrogen (secondary N) is 2. The summed E-state index contributed by atoms with van der Waals surface area (Å²) in [5, 5.41) is 15.7. The van der Waals surface area contributed by atoms with Crippen molar-refractivity contribution in [2.45, 2.75) is 19.3 Å². The highest BCUT2D eigenvalue weighted by Gasteiger charge is 2.25. The number of carbonyl (C=O) groups is 2. The van der Waals surface area contributed by atoms with Gasteiger partial charge in [0.05, 0.1) is 0 Å². The number of hydrogen-bond donors (Lipinski definition) is 2. The highest BCUT2D eigenvalue weighted by atomic mass is 16.4. The molecule has 0 fully saturated rings. The van der Waals surface area contributed by atoms with Crippen molar-refractivity contribution in [1.29, 1.82) is 5.26 Å². The van der Waals surface area contributed by atoms with Gasteiger partial charge in [-0.2, -0.15) is 5.26 Å². The minimum absolute atomic E-state index is 0.0212. The van der Waals surface area contributed by atoms with Crippen molar-refractivity contribution in [3.63, 3.8) is 0 Å². The third kappa shape index (κ3) is 4.07. The number of rotatable bonds is 4. The van der Waals surface area contributed by atoms with Gasteiger partial charge in [-0.15, -0.1) is 0 Å². The lowest BCUT2D eigenvalue weighted by Gasteiger charge is -2.09. The van der Waals surface area contributed by atoms with Gasteiger partial charge >= 0.3 is 0 Å². The maximum atomic E-state index is 13.1. The topological polar surface area (TPSA) is 95.1 Å². The van der Waals surface area contributed by atoms with E-state index in [1.54, 1.807) is 18.2 Å². The molecule has 6 nitrogen and oxygen atoms in total. The minimum atomic E-state index is -0.386. The number of benzene rings is 3. The Labute approximate surface area is 196 Å². The number of anilines is 2. The molecule has 2 N–H and O–H groups in total. The molecule has 0 saturated carbocycles. The lowest BCUT2D eigenvalue weighted by Crippen LogP contribution is -2.13. The van der Waals surface area contributed by atoms with Crippen LogP contribution in [0.5, 0.6) is 0 Å². The monoisotopic (exact) mass is 447 g/mol. The molecule has 166 valence electrons. The average Bonchev–Trinajstić information content (AvgIpc) is 3.12. The Morgan fingerprint density at radius 2 is 1.65 bits per heavy atom. The molecule has 0 saturated heterocycles. The third-order valence-electron chi connectivity index (χ3n) is 5.84. The lowest BCUT2D eigenvalue weighted by atomic mass is 9.98. The van der Waals surface area contributed by atoms with Crippen LogP contribution in [0.2, 0.25) is 0 Å². The van der Waals surface area contributed by atoms with Gasteiger partial charge in [0.25, 0.3) is 5.91 Å². The summed E-state index contributed by atoms with van der Waals surface area (Å²) < 4.78 is 6.10. The number of nitriles is 1. The average molecular weight is 447 g/mol. The van der Waals surface area contributed by atoms with Crippen molar-refractivity contribution >= 4 is 23.4 Å². The quantitative estimate of drug-likeness (QED) is 0.400. The molecule has 2 heterocycles. The molecule has 34 heavy (non-hydrogen) atoms. The summed E-state index contributed by atoms with van der Waals surface area (Å²) in [7, 11) is 0. The molecule has 0 radical (unpaired) electrons. The van der Waals surface area contributed by atoms with Crippen LogP contribution in [0.4, 0.5) is 11.6 Å². The van der Waals surface area contributed by atoms with E-state index in [2.05, 4.69) is 16.7 Å². The van der Waals surface area contributed by atoms with Crippen molar-refractivity contribution < 1.29 is 14.0 Å². The van der Waals surface area contributed by atoms with E-state index in [1.165, 1.54) is 0 Å². The smallest absolute Gasteiger partial charge is 0.258 e. The number of nitrogens with zero attached hydrogens (tertiary/aromatic N) is 1. The fourth-order valence-electron chi connectivity index (χ4n) is 4.19. The van der Waals surface area contributed by atoms with Crippen LogP contribution in [-0.2, 0) is 11.2 Å². The highest BCUT2D eigenvalue weighted by Crippen LogP contribution is 2.41. The van der Waals surface area contributed by atoms with E-state index in [9.17, 15) is 14.9 Å². The largest absolute Gasteiger partial charge is 0.438 e. The summed E-state index contributed by atoms with van der Waals surface area (Å²) in [5.74, 6) is 0.215. The summed E-state index contributed by atoms with van der Waals surface area (Å²) in [6, 6.07) is 26.4. The maximum Gasteiger partial charge on any atom is 0.258 e. The van der Waals surface area contributed by atoms with E-state index in [0.29, 0.717) is 29.7 Å². The Hall–Kier alpha value is -4.63. The van der Waals surface area contributed by atoms with Gasteiger partial charge in [0, 0.05) is 28.8 Å². The fraction of sp³-hybridized carbons (Fsp3) is 0.107. The van der Waals surface area contributed by atoms with Gasteiger partial charge in [-0.05, 0) is 42.2 Å². The summed E-state index contributed by atoms with van der Waals surface area (Å²) >= 11 is 0. The van der Waals surface area contributed by atoms with E-state index >= 15 is 0 Å². The molecule has 0 unspecified atom stereocenters. The van der Waals surface area contributed by atoms with E-state index in [4.69, 9.17) is 4.42 Å². The summed E-state index contributed by atoms with van der Waals surface area (Å²) in [4.78, 5) is 25.0. The number of carbonyl (C=O) groups excluding carboxylic acids is 2. The highest BCUT2D eigenvalue weighted by molar-refractivity contribution is 6.06. The first-order valence-electron chi connectivity index (χ1n) is 11.1. The molecule has 0 bridgehead atoms. The van der Waals surface area contributed by atoms with E-state index in [0.717, 1.165) is 28.8 Å². The zero-order valence-corrected chi connectivity index (χ0v) is 18.3. The summed E-state index contributed by atoms with van der Waals surface area (Å²) in [6.07, 6.45) is 1.88. The van der Waals surface area contributed by atoms with Crippen LogP contribution in [-0.4, -0.2) is 11.8 Å². The Kier molecular flexibility index (Phi) is 5.67. The van der Waals surface area contributed by atoms with E-state index in [-0.39, 0.29) is 23.3 Å². The molecule has 0 aliphatic carbocycles. The summed E-state index contributed by atoms with van der Waals surface area (Å²) in [6.45, 7) is 0. The number of aryl methyl sites for hydroxylation is 1. The molecule has 1 aliphatic heterocycles. The maximum absolute atomic E-state index is 13.1. The van der Waals surface area contributed by atoms with Crippen molar-refractivity contribution in [3.8, 4) is 28.5 Å². The standard InChI is InChI=1S/C28H21N3O3/c29-17-22-25(18-8-3-1-4-9-18)26(19-10-5-2-6-11-19)34-28(22)31-27(33)21-14-15-23-20(16-21)12-7-13-24(32)30-23/h1-6,8-11,14-16H,7,12-13H2,(H,30,32)(H,31,33). The molecule has 6 heteroatoms. The van der Waals surface area contributed by atoms with Crippen LogP contribution in [0.15, 0.2) is 83.3 Å². The zero-order chi connectivity index (χ0) is 23.5. The molecule has 0 spiro atoms. The molecule has 4 aromatic rings. The van der Waals surface area contributed by atoms with Crippen LogP contribution < -0.4 is 10.6 Å². The first kappa shape index (κ1) is 21.2. The first-order valence-corrected chi connectivity index (χ1v) is 11.1. The first-order chi connectivity index (χ1) is 16.6. The van der Waals surface area contributed by atoms with Crippen molar-refractivity contribution in [2.75, 3.05) is 10.6 Å². The SMILES string of the molecule is N#Cc1c(NC(=O)c2ccc3c(c2)CCCC(=O)N3)oc(-c2ccccc2)c1-c1ccccc1. The molecule has 1 aliphatic rings. The Bertz CT molecular complexity index is 1420. The number of hydrogen-bond acceptors (Lipinski definition) is 4. The second-order valence-corrected chi connectivity index (χ2v) is 8.08. The van der Waals surface area contributed by atoms with Gasteiger partial charge in [-0.1, -0.05) is 60.7 Å². The van der Waals surface area contributed by atoms with Crippen molar-refractivity contribution in [2.24, 2.45) is 0 Å². The van der Waals surface area contributed by atoms with Gasteiger partial charge in [0.15, 0.2) is 0 Å². The fourth-order valence-corrected chi connectivity index (χ4v) is 4.19. The molecular weight excluding hydrogens is 426 g/mol. The van der Waals surface area contributed by atoms with Crippen LogP contribution in [0, 0.1) is 11.3 Å². The number of fused-ring (bicyclic) bond motifs is 1. The van der Waals surface area contributed by atoms with Crippen molar-refractivity contribution in [3.05, 3.63) is 95.6 Å². The molecule has 2 amide bonds. The summed E-state index contributed by atoms with van der Waals surface area (Å²) in [5.41, 5.74) is 4.59. The van der Waals surface area contributed by atoms with Crippen LogP contribution in [0.3, 0.4) is 0 Å². The van der Waals surface area contributed by atoms with Gasteiger partial charge in [0.2, 0.25) is 11.8 Å². The number of amides is 2. The predicted molar refractivity (Wildman–Crippen MR) is 130 cm³/mol. The second-order valence-electron chi connectivity index (χ2n) is 8.08. The minimum Gasteiger partial charge on any atom is -0.438 e. The van der Waals surface area contributed by atoms with Crippen LogP contribution >= 0.6 is 0 Å².